The summed E-state index contributed by atoms with van der Waals surface area (Å²) in [6.07, 6.45) is 1.23. The van der Waals surface area contributed by atoms with E-state index in [-0.39, 0.29) is 11.8 Å². The number of benzene rings is 2. The van der Waals surface area contributed by atoms with E-state index in [4.69, 9.17) is 4.74 Å². The number of amides is 2. The molecule has 1 aliphatic rings. The first kappa shape index (κ1) is 17.0. The van der Waals surface area contributed by atoms with Gasteiger partial charge in [-0.2, -0.15) is 0 Å². The number of para-hydroxylation sites is 2. The lowest BCUT2D eigenvalue weighted by molar-refractivity contribution is -0.125. The third-order valence-electron chi connectivity index (χ3n) is 4.50. The Bertz CT molecular complexity index is 788. The predicted octanol–water partition coefficient (Wildman–Crippen LogP) is 2.33. The molecule has 0 aromatic heterocycles. The second-order valence-corrected chi connectivity index (χ2v) is 6.09. The van der Waals surface area contributed by atoms with Crippen molar-refractivity contribution in [2.24, 2.45) is 0 Å². The Morgan fingerprint density at radius 3 is 2.64 bits per heavy atom. The number of anilines is 1. The first-order valence-corrected chi connectivity index (χ1v) is 8.39. The van der Waals surface area contributed by atoms with E-state index in [0.717, 1.165) is 22.6 Å². The Balaban J connectivity index is 1.64. The van der Waals surface area contributed by atoms with E-state index in [1.54, 1.807) is 12.0 Å². The summed E-state index contributed by atoms with van der Waals surface area (Å²) < 4.78 is 5.33. The van der Waals surface area contributed by atoms with Crippen LogP contribution in [0.3, 0.4) is 0 Å². The fraction of sp³-hybridized carbons (Fsp3) is 0.300. The molecule has 130 valence electrons. The highest BCUT2D eigenvalue weighted by Crippen LogP contribution is 2.32. The van der Waals surface area contributed by atoms with Crippen LogP contribution in [0.15, 0.2) is 48.5 Å². The number of nitrogens with zero attached hydrogens (tertiary/aromatic N) is 1. The second-order valence-electron chi connectivity index (χ2n) is 6.09. The molecule has 25 heavy (non-hydrogen) atoms. The molecule has 1 heterocycles. The maximum Gasteiger partial charge on any atom is 0.243 e. The van der Waals surface area contributed by atoms with Gasteiger partial charge in [-0.1, -0.05) is 36.4 Å². The lowest BCUT2D eigenvalue weighted by Crippen LogP contribution is -2.47. The van der Waals surface area contributed by atoms with Gasteiger partial charge in [-0.3, -0.25) is 14.5 Å². The molecule has 2 aromatic carbocycles. The molecule has 0 spiro atoms. The van der Waals surface area contributed by atoms with Crippen LogP contribution in [0.5, 0.6) is 5.75 Å². The molecule has 3 rings (SSSR count). The first-order chi connectivity index (χ1) is 12.1. The summed E-state index contributed by atoms with van der Waals surface area (Å²) in [5, 5.41) is 2.96. The lowest BCUT2D eigenvalue weighted by Gasteiger charge is -2.23. The lowest BCUT2D eigenvalue weighted by atomic mass is 10.1. The standard InChI is InChI=1S/C20H22N2O3/c1-14(23)22-17-9-5-3-8-16(17)13-18(22)20(24)21-12-11-15-7-4-6-10-19(15)25-2/h3-10,18H,11-13H2,1-2H3,(H,21,24). The zero-order chi connectivity index (χ0) is 17.8. The Hall–Kier alpha value is -2.82. The van der Waals surface area contributed by atoms with Crippen molar-refractivity contribution in [2.75, 3.05) is 18.6 Å². The van der Waals surface area contributed by atoms with Crippen LogP contribution in [0.4, 0.5) is 5.69 Å². The third kappa shape index (κ3) is 3.50. The molecule has 0 radical (unpaired) electrons. The van der Waals surface area contributed by atoms with Crippen molar-refractivity contribution in [1.29, 1.82) is 0 Å². The zero-order valence-corrected chi connectivity index (χ0v) is 14.5. The van der Waals surface area contributed by atoms with E-state index < -0.39 is 6.04 Å². The van der Waals surface area contributed by atoms with Gasteiger partial charge in [-0.15, -0.1) is 0 Å². The van der Waals surface area contributed by atoms with Gasteiger partial charge in [0.2, 0.25) is 11.8 Å². The molecule has 0 bridgehead atoms. The first-order valence-electron chi connectivity index (χ1n) is 8.39. The number of rotatable bonds is 5. The van der Waals surface area contributed by atoms with Gasteiger partial charge in [0.15, 0.2) is 0 Å². The van der Waals surface area contributed by atoms with Gasteiger partial charge in [0.05, 0.1) is 7.11 Å². The summed E-state index contributed by atoms with van der Waals surface area (Å²) in [4.78, 5) is 26.3. The molecule has 0 saturated heterocycles. The predicted molar refractivity (Wildman–Crippen MR) is 96.8 cm³/mol. The van der Waals surface area contributed by atoms with Crippen LogP contribution < -0.4 is 15.0 Å². The molecule has 5 heteroatoms. The average molecular weight is 338 g/mol. The fourth-order valence-corrected chi connectivity index (χ4v) is 3.33. The van der Waals surface area contributed by atoms with Gasteiger partial charge in [-0.25, -0.2) is 0 Å². The van der Waals surface area contributed by atoms with Crippen LogP contribution in [0, 0.1) is 0 Å². The molecule has 2 aromatic rings. The van der Waals surface area contributed by atoms with Crippen molar-refractivity contribution >= 4 is 17.5 Å². The highest BCUT2D eigenvalue weighted by atomic mass is 16.5. The van der Waals surface area contributed by atoms with Crippen molar-refractivity contribution in [3.63, 3.8) is 0 Å². The number of carbonyl (C=O) groups excluding carboxylic acids is 2. The molecule has 0 fully saturated rings. The summed E-state index contributed by atoms with van der Waals surface area (Å²) in [6, 6.07) is 14.9. The SMILES string of the molecule is COc1ccccc1CCNC(=O)C1Cc2ccccc2N1C(C)=O. The Labute approximate surface area is 147 Å². The highest BCUT2D eigenvalue weighted by Gasteiger charge is 2.36. The summed E-state index contributed by atoms with van der Waals surface area (Å²) >= 11 is 0. The van der Waals surface area contributed by atoms with Gasteiger partial charge in [0.25, 0.3) is 0 Å². The second kappa shape index (κ2) is 7.38. The third-order valence-corrected chi connectivity index (χ3v) is 4.50. The number of hydrogen-bond acceptors (Lipinski definition) is 3. The fourth-order valence-electron chi connectivity index (χ4n) is 3.33. The molecule has 0 saturated carbocycles. The maximum atomic E-state index is 12.6. The molecule has 0 aliphatic carbocycles. The molecule has 1 unspecified atom stereocenters. The van der Waals surface area contributed by atoms with Crippen LogP contribution >= 0.6 is 0 Å². The van der Waals surface area contributed by atoms with Gasteiger partial charge in [0.1, 0.15) is 11.8 Å². The van der Waals surface area contributed by atoms with E-state index in [9.17, 15) is 9.59 Å². The minimum atomic E-state index is -0.479. The number of ether oxygens (including phenoxy) is 1. The Kier molecular flexibility index (Phi) is 5.03. The normalized spacial score (nSPS) is 15.6. The van der Waals surface area contributed by atoms with Crippen LogP contribution in [0.1, 0.15) is 18.1 Å². The number of fused-ring (bicyclic) bond motifs is 1. The molecule has 5 nitrogen and oxygen atoms in total. The maximum absolute atomic E-state index is 12.6. The summed E-state index contributed by atoms with van der Waals surface area (Å²) in [5.74, 6) is 0.575. The van der Waals surface area contributed by atoms with Crippen molar-refractivity contribution in [3.8, 4) is 5.75 Å². The number of carbonyl (C=O) groups is 2. The smallest absolute Gasteiger partial charge is 0.243 e. The Morgan fingerprint density at radius 2 is 1.88 bits per heavy atom. The van der Waals surface area contributed by atoms with Crippen molar-refractivity contribution < 1.29 is 14.3 Å². The molecule has 1 N–H and O–H groups in total. The molecular formula is C20H22N2O3. The number of nitrogens with one attached hydrogen (secondary N) is 1. The van der Waals surface area contributed by atoms with Gasteiger partial charge < -0.3 is 10.1 Å². The minimum absolute atomic E-state index is 0.116. The van der Waals surface area contributed by atoms with Crippen molar-refractivity contribution in [3.05, 3.63) is 59.7 Å². The number of methoxy groups -OCH3 is 1. The largest absolute Gasteiger partial charge is 0.496 e. The van der Waals surface area contributed by atoms with E-state index in [1.165, 1.54) is 6.92 Å². The summed E-state index contributed by atoms with van der Waals surface area (Å²) in [6.45, 7) is 2.00. The van der Waals surface area contributed by atoms with Crippen LogP contribution in [-0.4, -0.2) is 31.5 Å². The number of hydrogen-bond donors (Lipinski definition) is 1. The quantitative estimate of drug-likeness (QED) is 0.910. The van der Waals surface area contributed by atoms with Crippen molar-refractivity contribution in [1.82, 2.24) is 5.32 Å². The van der Waals surface area contributed by atoms with Gasteiger partial charge >= 0.3 is 0 Å². The van der Waals surface area contributed by atoms with E-state index >= 15 is 0 Å². The minimum Gasteiger partial charge on any atom is -0.496 e. The molecule has 1 atom stereocenters. The van der Waals surface area contributed by atoms with Crippen LogP contribution in [0.25, 0.3) is 0 Å². The van der Waals surface area contributed by atoms with Gasteiger partial charge in [-0.05, 0) is 29.7 Å². The zero-order valence-electron chi connectivity index (χ0n) is 14.5. The summed E-state index contributed by atoms with van der Waals surface area (Å²) in [7, 11) is 1.64. The Morgan fingerprint density at radius 1 is 1.16 bits per heavy atom. The molecule has 1 aliphatic heterocycles. The molecule has 2 amide bonds. The van der Waals surface area contributed by atoms with Crippen molar-refractivity contribution in [2.45, 2.75) is 25.8 Å². The average Bonchev–Trinajstić information content (AvgIpc) is 3.02. The monoisotopic (exact) mass is 338 g/mol. The van der Waals surface area contributed by atoms with Crippen LogP contribution in [0.2, 0.25) is 0 Å². The van der Waals surface area contributed by atoms with E-state index in [2.05, 4.69) is 5.32 Å². The van der Waals surface area contributed by atoms with Crippen LogP contribution in [-0.2, 0) is 22.4 Å². The molecular weight excluding hydrogens is 316 g/mol. The topological polar surface area (TPSA) is 58.6 Å². The van der Waals surface area contributed by atoms with E-state index in [0.29, 0.717) is 19.4 Å². The van der Waals surface area contributed by atoms with Gasteiger partial charge in [0, 0.05) is 25.6 Å². The van der Waals surface area contributed by atoms with E-state index in [1.807, 2.05) is 48.5 Å². The highest BCUT2D eigenvalue weighted by molar-refractivity contribution is 6.02. The summed E-state index contributed by atoms with van der Waals surface area (Å²) in [5.41, 5.74) is 2.91.